The van der Waals surface area contributed by atoms with Crippen LogP contribution < -0.4 is 0 Å². The summed E-state index contributed by atoms with van der Waals surface area (Å²) in [5.41, 5.74) is 0. The van der Waals surface area contributed by atoms with E-state index in [2.05, 4.69) is 0 Å². The molecule has 0 spiro atoms. The van der Waals surface area contributed by atoms with Crippen LogP contribution in [0.5, 0.6) is 0 Å². The molecule has 2 radical (unpaired) electrons. The first kappa shape index (κ1) is 22.7. The van der Waals surface area contributed by atoms with Crippen LogP contribution in [0.4, 0.5) is 0 Å². The van der Waals surface area contributed by atoms with Crippen molar-refractivity contribution < 1.29 is 167 Å². The molecule has 0 unspecified atom stereocenters. The van der Waals surface area contributed by atoms with Crippen LogP contribution in [-0.4, -0.2) is 0 Å². The Morgan fingerprint density at radius 1 is 1.00 bits per heavy atom. The molecule has 0 heterocycles. The third-order valence-corrected chi connectivity index (χ3v) is 0. The molecule has 4 heteroatoms. The molecule has 0 nitrogen and oxygen atoms in total. The largest absolute Gasteiger partial charge is 0 e. The van der Waals surface area contributed by atoms with Gasteiger partial charge in [-0.05, 0) is 0 Å². The van der Waals surface area contributed by atoms with E-state index in [1.807, 2.05) is 0 Å². The van der Waals surface area contributed by atoms with Gasteiger partial charge in [-0.1, -0.05) is 0 Å². The summed E-state index contributed by atoms with van der Waals surface area (Å²) in [5, 5.41) is 0. The molecular formula is CeEuLaSm. The van der Waals surface area contributed by atoms with E-state index >= 15 is 0 Å². The van der Waals surface area contributed by atoms with E-state index in [0.29, 0.717) is 0 Å². The minimum Gasteiger partial charge on any atom is 0 e. The van der Waals surface area contributed by atoms with Gasteiger partial charge in [0.25, 0.3) is 0 Å². The van der Waals surface area contributed by atoms with Crippen LogP contribution in [0.3, 0.4) is 0 Å². The van der Waals surface area contributed by atoms with Crippen molar-refractivity contribution in [2.75, 3.05) is 0 Å². The molecule has 0 saturated carbocycles. The minimum atomic E-state index is 0. The molecule has 0 saturated heterocycles. The van der Waals surface area contributed by atoms with Crippen LogP contribution in [0, 0.1) is 167 Å². The smallest absolute Gasteiger partial charge is 0 e. The maximum atomic E-state index is 0. The van der Waals surface area contributed by atoms with Crippen molar-refractivity contribution in [3.63, 3.8) is 0 Å². The Bertz CT molecular complexity index is 8.00. The normalized spacial score (nSPS) is 0. The second-order valence-electron chi connectivity index (χ2n) is 0. The first-order chi connectivity index (χ1) is 0. The summed E-state index contributed by atoms with van der Waals surface area (Å²) >= 11 is 0. The van der Waals surface area contributed by atoms with Crippen LogP contribution in [0.25, 0.3) is 0 Å². The summed E-state index contributed by atoms with van der Waals surface area (Å²) in [6, 6.07) is 0. The fourth-order valence-electron chi connectivity index (χ4n) is 0. The average molecular weight is 581 g/mol. The van der Waals surface area contributed by atoms with Gasteiger partial charge in [-0.15, -0.1) is 0 Å². The summed E-state index contributed by atoms with van der Waals surface area (Å²) in [6.45, 7) is 0. The van der Waals surface area contributed by atoms with E-state index in [9.17, 15) is 0 Å². The van der Waals surface area contributed by atoms with Crippen LogP contribution in [0.2, 0.25) is 0 Å². The predicted molar refractivity (Wildman–Crippen MR) is 0 cm³/mol. The van der Waals surface area contributed by atoms with Gasteiger partial charge in [-0.2, -0.15) is 0 Å². The molecule has 0 fully saturated rings. The summed E-state index contributed by atoms with van der Waals surface area (Å²) < 4.78 is 0. The van der Waals surface area contributed by atoms with Gasteiger partial charge in [-0.3, -0.25) is 0 Å². The first-order valence-corrected chi connectivity index (χ1v) is 0. The second-order valence-corrected chi connectivity index (χ2v) is 0. The van der Waals surface area contributed by atoms with Crippen molar-refractivity contribution in [2.24, 2.45) is 0 Å². The number of rotatable bonds is 0. The molecule has 20 valence electrons. The summed E-state index contributed by atoms with van der Waals surface area (Å²) in [7, 11) is 0. The summed E-state index contributed by atoms with van der Waals surface area (Å²) in [6.07, 6.45) is 0. The minimum absolute atomic E-state index is 0. The average Bonchev–Trinajstić information content (AvgIpc) is 0. The Morgan fingerprint density at radius 2 is 1.00 bits per heavy atom. The van der Waals surface area contributed by atoms with Crippen LogP contribution in [0.15, 0.2) is 0 Å². The zero-order valence-corrected chi connectivity index (χ0v) is 13.7. The zero-order chi connectivity index (χ0) is 0. The SMILES string of the molecule is [Ce].[Eu].[La].[Sm]. The Morgan fingerprint density at radius 3 is 1.00 bits per heavy atom. The van der Waals surface area contributed by atoms with E-state index in [0.717, 1.165) is 0 Å². The fraction of sp³-hybridized carbons (Fsp3) is 0. The van der Waals surface area contributed by atoms with Crippen molar-refractivity contribution in [2.45, 2.75) is 0 Å². The molecule has 0 N–H and O–H groups in total. The maximum Gasteiger partial charge on any atom is 0 e. The molecule has 0 amide bonds. The Hall–Kier alpha value is 5.49. The second kappa shape index (κ2) is 15.8. The quantitative estimate of drug-likeness (QED) is 0.378. The predicted octanol–water partition coefficient (Wildman–Crippen LogP) is 0. The zero-order valence-electron chi connectivity index (χ0n) is 1.86. The van der Waals surface area contributed by atoms with Gasteiger partial charge in [0.2, 0.25) is 0 Å². The van der Waals surface area contributed by atoms with Crippen molar-refractivity contribution in [3.8, 4) is 0 Å². The molecule has 4 heavy (non-hydrogen) atoms. The molecule has 0 aliphatic carbocycles. The molecule has 0 aliphatic heterocycles. The van der Waals surface area contributed by atoms with E-state index in [1.54, 1.807) is 0 Å². The van der Waals surface area contributed by atoms with E-state index in [-0.39, 0.29) is 167 Å². The molecule has 0 aromatic carbocycles. The summed E-state index contributed by atoms with van der Waals surface area (Å²) in [5.74, 6) is 0. The Kier molecular flexibility index (Phi) is 89.7. The van der Waals surface area contributed by atoms with Gasteiger partial charge >= 0.3 is 0 Å². The van der Waals surface area contributed by atoms with E-state index < -0.39 is 0 Å². The maximum absolute atomic E-state index is 0. The third kappa shape index (κ3) is 10.5. The van der Waals surface area contributed by atoms with Gasteiger partial charge < -0.3 is 0 Å². The monoisotopic (exact) mass is 584 g/mol. The van der Waals surface area contributed by atoms with Gasteiger partial charge in [0.05, 0.1) is 0 Å². The molecule has 0 aromatic rings. The Labute approximate surface area is 161 Å². The molecule has 0 aromatic heterocycles. The van der Waals surface area contributed by atoms with E-state index in [1.165, 1.54) is 0 Å². The number of hydrogen-bond acceptors (Lipinski definition) is 0. The van der Waals surface area contributed by atoms with Crippen molar-refractivity contribution in [1.29, 1.82) is 0 Å². The molecule has 0 atom stereocenters. The molecule has 0 rings (SSSR count). The van der Waals surface area contributed by atoms with Crippen LogP contribution >= 0.6 is 0 Å². The van der Waals surface area contributed by atoms with E-state index in [4.69, 9.17) is 0 Å². The first-order valence-electron chi connectivity index (χ1n) is 0. The standard InChI is InChI=1S/Ce.Eu.La.Sm. The topological polar surface area (TPSA) is 0 Å². The van der Waals surface area contributed by atoms with Crippen molar-refractivity contribution >= 4 is 0 Å². The number of hydrogen-bond donors (Lipinski definition) is 0. The van der Waals surface area contributed by atoms with Crippen molar-refractivity contribution in [3.05, 3.63) is 0 Å². The fourth-order valence-corrected chi connectivity index (χ4v) is 0. The van der Waals surface area contributed by atoms with Crippen LogP contribution in [-0.2, 0) is 0 Å². The van der Waals surface area contributed by atoms with Gasteiger partial charge in [0.1, 0.15) is 0 Å². The molecule has 0 bridgehead atoms. The molecular weight excluding hydrogens is 581 g/mol. The Balaban J connectivity index is 0. The molecule has 0 aliphatic rings. The van der Waals surface area contributed by atoms with Crippen LogP contribution in [0.1, 0.15) is 0 Å². The summed E-state index contributed by atoms with van der Waals surface area (Å²) in [4.78, 5) is 0. The van der Waals surface area contributed by atoms with Gasteiger partial charge in [0.15, 0.2) is 0 Å². The third-order valence-electron chi connectivity index (χ3n) is 0. The van der Waals surface area contributed by atoms with Gasteiger partial charge in [-0.25, -0.2) is 0 Å². The van der Waals surface area contributed by atoms with Gasteiger partial charge in [0, 0.05) is 167 Å². The van der Waals surface area contributed by atoms with Crippen molar-refractivity contribution in [1.82, 2.24) is 0 Å².